The molecule has 0 radical (unpaired) electrons. The number of thiophene rings is 2. The van der Waals surface area contributed by atoms with Gasteiger partial charge in [0.2, 0.25) is 17.2 Å². The maximum atomic E-state index is 6.03. The second kappa shape index (κ2) is 33.4. The number of ether oxygens (including phenoxy) is 1. The largest absolute Gasteiger partial charge is 1.00 e. The summed E-state index contributed by atoms with van der Waals surface area (Å²) >= 11 is 9.81. The fraction of sp³-hybridized carbons (Fsp3) is 0.0673. The molecule has 1 aliphatic heterocycles. The van der Waals surface area contributed by atoms with Gasteiger partial charge in [0, 0.05) is 152 Å². The Balaban J connectivity index is 0.000000135. The van der Waals surface area contributed by atoms with Crippen molar-refractivity contribution in [1.29, 1.82) is 0 Å². The van der Waals surface area contributed by atoms with Crippen LogP contribution in [0.15, 0.2) is 346 Å². The van der Waals surface area contributed by atoms with Crippen molar-refractivity contribution in [2.45, 2.75) is 32.6 Å². The fourth-order valence-electron chi connectivity index (χ4n) is 16.3. The number of rotatable bonds is 9. The number of H-pyrrole nitrogens is 2. The molecule has 14 aromatic carbocycles. The van der Waals surface area contributed by atoms with Crippen LogP contribution in [0.1, 0.15) is 32.6 Å². The van der Waals surface area contributed by atoms with Gasteiger partial charge >= 0.3 is 18.9 Å². The summed E-state index contributed by atoms with van der Waals surface area (Å²) in [6.45, 7) is 7.72. The van der Waals surface area contributed by atoms with E-state index in [-0.39, 0.29) is 24.1 Å². The van der Waals surface area contributed by atoms with E-state index in [1.54, 1.807) is 0 Å². The van der Waals surface area contributed by atoms with Crippen molar-refractivity contribution in [3.8, 4) is 79.4 Å². The summed E-state index contributed by atoms with van der Waals surface area (Å²) < 4.78 is 14.7. The van der Waals surface area contributed by atoms with Gasteiger partial charge in [0.05, 0.1) is 56.2 Å². The normalized spacial score (nSPS) is 12.0. The molecular weight excluding hydrogens is 1510 g/mol. The minimum absolute atomic E-state index is 0. The number of benzene rings is 14. The van der Waals surface area contributed by atoms with Crippen molar-refractivity contribution < 1.29 is 23.6 Å². The van der Waals surface area contributed by atoms with Gasteiger partial charge in [-0.05, 0) is 91.2 Å². The van der Waals surface area contributed by atoms with E-state index >= 15 is 0 Å². The number of nitrogens with zero attached hydrogens (tertiary/aromatic N) is 8. The summed E-state index contributed by atoms with van der Waals surface area (Å²) in [4.78, 5) is 36.9. The summed E-state index contributed by atoms with van der Waals surface area (Å²) in [5.41, 5.74) is 20.5. The first-order valence-electron chi connectivity index (χ1n) is 40.0. The third-order valence-corrected chi connectivity index (χ3v) is 24.6. The molecule has 9 aromatic heterocycles. The van der Waals surface area contributed by atoms with E-state index in [0.717, 1.165) is 120 Å². The van der Waals surface area contributed by atoms with Gasteiger partial charge in [-0.3, -0.25) is 9.13 Å². The summed E-state index contributed by atoms with van der Waals surface area (Å²) in [5.74, 6) is 1.28. The SMILES string of the molecule is C1CCOC1.Clc1nc(-c2ccccc2)cc(-c2ccccc2)n1.[CH2-]CCC.[Li+].c1ccc(-c2cc(-c3ccccc3)nc(-n3c4ccccc4c4c5sc6c(ccc7c6c6ccccc6n7-c6nc(-c7ccccc7)cc(-c7ccccc7)n6)c5ccc43)n2)cc1.c1ccc2c(c1)[nH]c1ccc3c4ccc5[nH]c6ccccc6c5c4sc3c12. The Bertz CT molecular complexity index is 7070. The van der Waals surface area contributed by atoms with Crippen molar-refractivity contribution in [3.63, 3.8) is 0 Å². The Morgan fingerprint density at radius 1 is 0.311 bits per heavy atom. The van der Waals surface area contributed by atoms with Crippen LogP contribution in [0.3, 0.4) is 0 Å². The van der Waals surface area contributed by atoms with Crippen LogP contribution < -0.4 is 18.9 Å². The number of hydrogen-bond acceptors (Lipinski definition) is 9. The van der Waals surface area contributed by atoms with Crippen molar-refractivity contribution in [1.82, 2.24) is 49.0 Å². The predicted octanol–water partition coefficient (Wildman–Crippen LogP) is 25.7. The molecule has 1 fully saturated rings. The van der Waals surface area contributed by atoms with E-state index in [4.69, 9.17) is 36.3 Å². The molecule has 2 N–H and O–H groups in total. The molecule has 1 aliphatic rings. The maximum Gasteiger partial charge on any atom is 1.00 e. The van der Waals surface area contributed by atoms with Gasteiger partial charge in [-0.1, -0.05) is 292 Å². The van der Waals surface area contributed by atoms with E-state index in [1.165, 1.54) is 114 Å². The molecule has 0 amide bonds. The molecule has 0 spiro atoms. The van der Waals surface area contributed by atoms with Crippen LogP contribution in [0.2, 0.25) is 5.28 Å². The third-order valence-electron chi connectivity index (χ3n) is 21.9. The van der Waals surface area contributed by atoms with Crippen molar-refractivity contribution >= 4 is 162 Å². The zero-order valence-corrected chi connectivity index (χ0v) is 67.9. The molecule has 0 aliphatic carbocycles. The number of fused-ring (bicyclic) bond motifs is 22. The van der Waals surface area contributed by atoms with Crippen LogP contribution in [0.5, 0.6) is 0 Å². The van der Waals surface area contributed by atoms with Crippen LogP contribution in [0.25, 0.3) is 207 Å². The second-order valence-corrected chi connectivity index (χ2v) is 31.7. The van der Waals surface area contributed by atoms with Crippen LogP contribution in [-0.4, -0.2) is 62.2 Å². The van der Waals surface area contributed by atoms with Crippen molar-refractivity contribution in [3.05, 3.63) is 358 Å². The number of unbranched alkanes of at least 4 members (excludes halogenated alkanes) is 1. The first kappa shape index (κ1) is 75.8. The minimum atomic E-state index is 0. The molecule has 568 valence electrons. The average molecular weight is 1590 g/mol. The molecule has 0 atom stereocenters. The number of aromatic amines is 2. The Morgan fingerprint density at radius 2 is 0.588 bits per heavy atom. The van der Waals surface area contributed by atoms with Gasteiger partial charge in [-0.15, -0.1) is 22.7 Å². The molecule has 10 heterocycles. The topological polar surface area (TPSA) is 128 Å². The molecule has 1 saturated heterocycles. The average Bonchev–Trinajstić information content (AvgIpc) is 1.56. The number of aromatic nitrogens is 10. The Kier molecular flexibility index (Phi) is 21.3. The van der Waals surface area contributed by atoms with Gasteiger partial charge in [0.15, 0.2) is 0 Å². The zero-order chi connectivity index (χ0) is 79.0. The van der Waals surface area contributed by atoms with E-state index in [2.05, 4.69) is 298 Å². The molecule has 0 unspecified atom stereocenters. The summed E-state index contributed by atoms with van der Waals surface area (Å²) in [6, 6.07) is 120. The van der Waals surface area contributed by atoms with Crippen molar-refractivity contribution in [2.24, 2.45) is 0 Å². The molecule has 23 aromatic rings. The standard InChI is InChI=1S/C56H34N6S.C24H14N2S.C16H11ClN2.C4H8O.C4H9.Li/c1-5-17-35(18-6-1)43-33-44(36-19-7-2-8-20-36)58-55(57-43)61-47-27-15-13-25-41(47)51-49(61)31-29-39-40-30-32-50-52(54(40)63-53(39)51)42-26-14-16-28-48(42)62(50)56-59-45(37-21-9-3-10-22-37)34-46(60-56)38-23-11-4-12-24-38;1-3-7-17-15(5-1)21-19(25-17)11-9-13-14-10-12-20-22(24(14)27-23(13)21)16-6-2-4-8-18(16)26-20;17-16-18-14(12-7-3-1-4-8-12)11-15(19-16)13-9-5-2-6-10-13;1-2-4-5-3-1;1-3-4-2;/h1-34H;1-12,25-26H;1-11H;1-4H2;1,3-4H2,2H3;/q;;;;-1;+1. The zero-order valence-electron chi connectivity index (χ0n) is 65.5. The smallest absolute Gasteiger partial charge is 0.381 e. The molecule has 15 heteroatoms. The van der Waals surface area contributed by atoms with Crippen LogP contribution in [-0.2, 0) is 4.74 Å². The minimum Gasteiger partial charge on any atom is -0.381 e. The first-order chi connectivity index (χ1) is 58.4. The quantitative estimate of drug-likeness (QED) is 0.0837. The number of nitrogens with one attached hydrogen (secondary N) is 2. The van der Waals surface area contributed by atoms with Crippen LogP contribution >= 0.6 is 34.3 Å². The molecule has 119 heavy (non-hydrogen) atoms. The van der Waals surface area contributed by atoms with Gasteiger partial charge in [0.1, 0.15) is 0 Å². The first-order valence-corrected chi connectivity index (χ1v) is 42.0. The number of para-hydroxylation sites is 4. The van der Waals surface area contributed by atoms with Gasteiger partial charge in [-0.2, -0.15) is 6.42 Å². The van der Waals surface area contributed by atoms with Gasteiger partial charge < -0.3 is 21.6 Å². The second-order valence-electron chi connectivity index (χ2n) is 29.3. The molecule has 24 rings (SSSR count). The summed E-state index contributed by atoms with van der Waals surface area (Å²) in [6.07, 6.45) is 4.83. The predicted molar refractivity (Wildman–Crippen MR) is 497 cm³/mol. The van der Waals surface area contributed by atoms with Gasteiger partial charge in [-0.25, -0.2) is 29.9 Å². The molecule has 11 nitrogen and oxygen atoms in total. The Labute approximate surface area is 712 Å². The summed E-state index contributed by atoms with van der Waals surface area (Å²) in [5, 5.41) is 15.4. The number of halogens is 1. The fourth-order valence-corrected chi connectivity index (χ4v) is 19.3. The molecule has 0 saturated carbocycles. The van der Waals surface area contributed by atoms with Crippen LogP contribution in [0, 0.1) is 6.92 Å². The van der Waals surface area contributed by atoms with Crippen LogP contribution in [0.4, 0.5) is 0 Å². The van der Waals surface area contributed by atoms with E-state index in [9.17, 15) is 0 Å². The van der Waals surface area contributed by atoms with E-state index in [1.807, 2.05) is 114 Å². The maximum absolute atomic E-state index is 6.03. The Hall–Kier alpha value is -13.2. The van der Waals surface area contributed by atoms with Crippen molar-refractivity contribution in [2.75, 3.05) is 13.2 Å². The summed E-state index contributed by atoms with van der Waals surface area (Å²) in [7, 11) is 0. The van der Waals surface area contributed by atoms with Gasteiger partial charge in [0.25, 0.3) is 0 Å². The third kappa shape index (κ3) is 14.5. The van der Waals surface area contributed by atoms with E-state index < -0.39 is 0 Å². The molecular formula is C104H76ClLiN10OS2. The Morgan fingerprint density at radius 3 is 0.899 bits per heavy atom. The number of hydrogen-bond donors (Lipinski definition) is 2. The van der Waals surface area contributed by atoms with E-state index in [0.29, 0.717) is 11.9 Å². The molecule has 0 bridgehead atoms. The monoisotopic (exact) mass is 1590 g/mol.